The summed E-state index contributed by atoms with van der Waals surface area (Å²) >= 11 is 0. The van der Waals surface area contributed by atoms with Crippen LogP contribution in [-0.4, -0.2) is 74.9 Å². The average molecular weight is 729 g/mol. The SMILES string of the molecule is CC(C)CCCC(C)C1CCC2C3CC=C4CC(OC(=O)NC(CCCCN)C(=O)N(CCCN)CCCCNCCCN)CCC4C3CCC12C. The van der Waals surface area contributed by atoms with Crippen molar-refractivity contribution in [2.24, 2.45) is 64.0 Å². The number of rotatable bonds is 23. The first-order valence-corrected chi connectivity index (χ1v) is 21.9. The number of carbonyl (C=O) groups excluding carboxylic acids is 2. The molecule has 0 aromatic rings. The summed E-state index contributed by atoms with van der Waals surface area (Å²) < 4.78 is 6.12. The Bertz CT molecular complexity index is 1100. The van der Waals surface area contributed by atoms with Gasteiger partial charge in [0.05, 0.1) is 0 Å². The van der Waals surface area contributed by atoms with Crippen LogP contribution < -0.4 is 27.8 Å². The first kappa shape index (κ1) is 43.1. The highest BCUT2D eigenvalue weighted by molar-refractivity contribution is 5.85. The monoisotopic (exact) mass is 729 g/mol. The van der Waals surface area contributed by atoms with Gasteiger partial charge in [-0.3, -0.25) is 4.79 Å². The molecule has 52 heavy (non-hydrogen) atoms. The molecule has 3 fully saturated rings. The maximum atomic E-state index is 13.9. The van der Waals surface area contributed by atoms with Crippen LogP contribution in [0.1, 0.15) is 143 Å². The first-order chi connectivity index (χ1) is 25.1. The third-order valence-corrected chi connectivity index (χ3v) is 13.9. The van der Waals surface area contributed by atoms with E-state index in [1.807, 2.05) is 4.90 Å². The van der Waals surface area contributed by atoms with Crippen LogP contribution in [0.3, 0.4) is 0 Å². The molecule has 4 rings (SSSR count). The predicted molar refractivity (Wildman–Crippen MR) is 215 cm³/mol. The van der Waals surface area contributed by atoms with Crippen molar-refractivity contribution in [1.82, 2.24) is 15.5 Å². The van der Waals surface area contributed by atoms with Crippen LogP contribution in [0.15, 0.2) is 11.6 Å². The lowest BCUT2D eigenvalue weighted by molar-refractivity contribution is -0.133. The summed E-state index contributed by atoms with van der Waals surface area (Å²) in [6.45, 7) is 14.8. The quantitative estimate of drug-likeness (QED) is 0.0556. The molecule has 0 heterocycles. The number of nitrogens with one attached hydrogen (secondary N) is 2. The zero-order valence-electron chi connectivity index (χ0n) is 33.9. The molecule has 0 radical (unpaired) electrons. The van der Waals surface area contributed by atoms with Crippen LogP contribution in [0, 0.1) is 46.8 Å². The number of amides is 2. The Hall–Kier alpha value is -1.68. The van der Waals surface area contributed by atoms with E-state index in [1.54, 1.807) is 0 Å². The predicted octanol–water partition coefficient (Wildman–Crippen LogP) is 7.13. The number of nitrogens with two attached hydrogens (primary N) is 3. The fraction of sp³-hybridized carbons (Fsp3) is 0.907. The highest BCUT2D eigenvalue weighted by Crippen LogP contribution is 2.64. The van der Waals surface area contributed by atoms with Crippen molar-refractivity contribution in [3.63, 3.8) is 0 Å². The van der Waals surface area contributed by atoms with Crippen LogP contribution in [0.4, 0.5) is 4.79 Å². The van der Waals surface area contributed by atoms with E-state index in [4.69, 9.17) is 21.9 Å². The van der Waals surface area contributed by atoms with Crippen molar-refractivity contribution < 1.29 is 14.3 Å². The van der Waals surface area contributed by atoms with Gasteiger partial charge in [-0.05, 0) is 169 Å². The Morgan fingerprint density at radius 2 is 1.60 bits per heavy atom. The second kappa shape index (κ2) is 22.0. The van der Waals surface area contributed by atoms with E-state index in [9.17, 15) is 9.59 Å². The third kappa shape index (κ3) is 11.9. The molecular formula is C43H80N6O3. The molecule has 3 saturated carbocycles. The summed E-state index contributed by atoms with van der Waals surface area (Å²) in [5, 5.41) is 6.43. The van der Waals surface area contributed by atoms with Crippen molar-refractivity contribution in [2.45, 2.75) is 155 Å². The second-order valence-corrected chi connectivity index (χ2v) is 17.9. The van der Waals surface area contributed by atoms with E-state index < -0.39 is 12.1 Å². The van der Waals surface area contributed by atoms with E-state index in [-0.39, 0.29) is 12.0 Å². The van der Waals surface area contributed by atoms with Crippen molar-refractivity contribution in [1.29, 1.82) is 0 Å². The van der Waals surface area contributed by atoms with Crippen molar-refractivity contribution in [3.05, 3.63) is 11.6 Å². The third-order valence-electron chi connectivity index (χ3n) is 13.9. The van der Waals surface area contributed by atoms with E-state index in [2.05, 4.69) is 44.4 Å². The smallest absolute Gasteiger partial charge is 0.408 e. The van der Waals surface area contributed by atoms with Gasteiger partial charge in [0, 0.05) is 19.5 Å². The first-order valence-electron chi connectivity index (χ1n) is 21.9. The zero-order valence-corrected chi connectivity index (χ0v) is 33.9. The standard InChI is InChI=1S/C43H80N6O3/c1-31(2)12-9-13-32(3)38-19-20-39-37-17-15-33-30-34(16-18-35(33)36(37)21-22-43(38,39)4)52-42(51)48-40(14-5-6-23-44)41(50)49(29-11-25-46)28-8-7-26-47-27-10-24-45/h15,31-32,34-40,47H,5-14,16-30,44-46H2,1-4H3,(H,48,51). The molecule has 9 heteroatoms. The lowest BCUT2D eigenvalue weighted by Gasteiger charge is -2.54. The Morgan fingerprint density at radius 3 is 2.35 bits per heavy atom. The Kier molecular flexibility index (Phi) is 18.2. The number of fused-ring (bicyclic) bond motifs is 5. The molecule has 9 nitrogen and oxygen atoms in total. The van der Waals surface area contributed by atoms with Gasteiger partial charge in [-0.25, -0.2) is 4.79 Å². The van der Waals surface area contributed by atoms with Crippen LogP contribution in [0.5, 0.6) is 0 Å². The summed E-state index contributed by atoms with van der Waals surface area (Å²) in [4.78, 5) is 29.2. The van der Waals surface area contributed by atoms with Gasteiger partial charge in [0.25, 0.3) is 0 Å². The van der Waals surface area contributed by atoms with Crippen LogP contribution in [0.25, 0.3) is 0 Å². The van der Waals surface area contributed by atoms with Gasteiger partial charge in [-0.1, -0.05) is 58.6 Å². The second-order valence-electron chi connectivity index (χ2n) is 17.9. The molecule has 0 spiro atoms. The number of unbranched alkanes of at least 4 members (excludes halogenated alkanes) is 2. The number of allylic oxidation sites excluding steroid dienone is 1. The van der Waals surface area contributed by atoms with Gasteiger partial charge in [-0.2, -0.15) is 0 Å². The fourth-order valence-electron chi connectivity index (χ4n) is 11.2. The molecule has 0 bridgehead atoms. The summed E-state index contributed by atoms with van der Waals surface area (Å²) in [6.07, 6.45) is 21.5. The lowest BCUT2D eigenvalue weighted by atomic mass is 9.51. The summed E-state index contributed by atoms with van der Waals surface area (Å²) in [5.41, 5.74) is 19.3. The minimum absolute atomic E-state index is 0.0355. The molecule has 0 saturated heterocycles. The molecule has 0 aromatic heterocycles. The van der Waals surface area contributed by atoms with Gasteiger partial charge in [-0.15, -0.1) is 0 Å². The van der Waals surface area contributed by atoms with E-state index >= 15 is 0 Å². The van der Waals surface area contributed by atoms with Crippen molar-refractivity contribution in [3.8, 4) is 0 Å². The average Bonchev–Trinajstić information content (AvgIpc) is 3.48. The van der Waals surface area contributed by atoms with Crippen LogP contribution in [0.2, 0.25) is 0 Å². The number of hydrogen-bond donors (Lipinski definition) is 5. The Balaban J connectivity index is 1.31. The minimum Gasteiger partial charge on any atom is -0.446 e. The van der Waals surface area contributed by atoms with Gasteiger partial charge in [0.15, 0.2) is 0 Å². The molecule has 9 atom stereocenters. The molecular weight excluding hydrogens is 649 g/mol. The maximum absolute atomic E-state index is 13.9. The Morgan fingerprint density at radius 1 is 0.846 bits per heavy atom. The fourth-order valence-corrected chi connectivity index (χ4v) is 11.2. The molecule has 300 valence electrons. The molecule has 8 N–H and O–H groups in total. The molecule has 0 aliphatic heterocycles. The zero-order chi connectivity index (χ0) is 37.5. The van der Waals surface area contributed by atoms with E-state index in [0.29, 0.717) is 50.5 Å². The molecule has 2 amide bonds. The van der Waals surface area contributed by atoms with Gasteiger partial charge < -0.3 is 37.5 Å². The van der Waals surface area contributed by atoms with Crippen LogP contribution in [-0.2, 0) is 9.53 Å². The van der Waals surface area contributed by atoms with Gasteiger partial charge in [0.1, 0.15) is 12.1 Å². The largest absolute Gasteiger partial charge is 0.446 e. The molecule has 4 aliphatic carbocycles. The minimum atomic E-state index is -0.616. The number of ether oxygens (including phenoxy) is 1. The van der Waals surface area contributed by atoms with E-state index in [1.165, 1.54) is 56.9 Å². The van der Waals surface area contributed by atoms with Crippen molar-refractivity contribution in [2.75, 3.05) is 45.8 Å². The van der Waals surface area contributed by atoms with Crippen LogP contribution >= 0.6 is 0 Å². The maximum Gasteiger partial charge on any atom is 0.408 e. The highest BCUT2D eigenvalue weighted by atomic mass is 16.6. The number of carbonyl (C=O) groups is 2. The van der Waals surface area contributed by atoms with Crippen molar-refractivity contribution >= 4 is 12.0 Å². The number of nitrogens with zero attached hydrogens (tertiary/aromatic N) is 1. The van der Waals surface area contributed by atoms with Gasteiger partial charge >= 0.3 is 6.09 Å². The highest BCUT2D eigenvalue weighted by Gasteiger charge is 2.56. The van der Waals surface area contributed by atoms with E-state index in [0.717, 1.165) is 106 Å². The normalized spacial score (nSPS) is 29.4. The number of hydrogen-bond acceptors (Lipinski definition) is 7. The molecule has 0 aromatic carbocycles. The summed E-state index contributed by atoms with van der Waals surface area (Å²) in [6, 6.07) is -0.616. The summed E-state index contributed by atoms with van der Waals surface area (Å²) in [5.74, 6) is 5.59. The summed E-state index contributed by atoms with van der Waals surface area (Å²) in [7, 11) is 0. The Labute approximate surface area is 318 Å². The topological polar surface area (TPSA) is 149 Å². The molecule has 4 aliphatic rings. The lowest BCUT2D eigenvalue weighted by Crippen LogP contribution is -2.50. The van der Waals surface area contributed by atoms with Gasteiger partial charge in [0.2, 0.25) is 5.91 Å². The molecule has 9 unspecified atom stereocenters. The number of alkyl carbamates (subject to hydrolysis) is 1.